The molecule has 3 nitrogen and oxygen atoms in total. The van der Waals surface area contributed by atoms with Crippen molar-refractivity contribution in [3.8, 4) is 0 Å². The standard InChI is InChI=1S/C10H14N2OS/c11-8-3-4-12(6-8)7-9(13)10-2-1-5-14-10/h1-2,5,8H,3-4,6-7,11H2/t8-/m0/s1. The van der Waals surface area contributed by atoms with Crippen molar-refractivity contribution in [2.45, 2.75) is 12.5 Å². The summed E-state index contributed by atoms with van der Waals surface area (Å²) in [6.07, 6.45) is 1.01. The quantitative estimate of drug-likeness (QED) is 0.756. The summed E-state index contributed by atoms with van der Waals surface area (Å²) < 4.78 is 0. The summed E-state index contributed by atoms with van der Waals surface area (Å²) in [6, 6.07) is 4.04. The monoisotopic (exact) mass is 210 g/mol. The van der Waals surface area contributed by atoms with Gasteiger partial charge in [0.1, 0.15) is 0 Å². The molecule has 2 heterocycles. The van der Waals surface area contributed by atoms with Gasteiger partial charge in [0.25, 0.3) is 0 Å². The third-order valence-electron chi connectivity index (χ3n) is 2.47. The Kier molecular flexibility index (Phi) is 2.96. The average Bonchev–Trinajstić information content (AvgIpc) is 2.75. The first kappa shape index (κ1) is 9.83. The predicted octanol–water partition coefficient (Wildman–Crippen LogP) is 0.964. The van der Waals surface area contributed by atoms with E-state index >= 15 is 0 Å². The van der Waals surface area contributed by atoms with Crippen molar-refractivity contribution in [1.29, 1.82) is 0 Å². The van der Waals surface area contributed by atoms with E-state index in [0.717, 1.165) is 24.4 Å². The second kappa shape index (κ2) is 4.21. The van der Waals surface area contributed by atoms with Crippen LogP contribution >= 0.6 is 11.3 Å². The molecule has 1 aliphatic heterocycles. The van der Waals surface area contributed by atoms with Gasteiger partial charge in [-0.2, -0.15) is 0 Å². The van der Waals surface area contributed by atoms with E-state index in [1.807, 2.05) is 17.5 Å². The molecule has 0 amide bonds. The van der Waals surface area contributed by atoms with Crippen molar-refractivity contribution < 1.29 is 4.79 Å². The highest BCUT2D eigenvalue weighted by atomic mass is 32.1. The van der Waals surface area contributed by atoms with Gasteiger partial charge in [-0.1, -0.05) is 6.07 Å². The smallest absolute Gasteiger partial charge is 0.186 e. The molecule has 0 spiro atoms. The predicted molar refractivity (Wildman–Crippen MR) is 57.7 cm³/mol. The lowest BCUT2D eigenvalue weighted by Gasteiger charge is -2.12. The normalized spacial score (nSPS) is 22.8. The van der Waals surface area contributed by atoms with Crippen LogP contribution in [-0.2, 0) is 0 Å². The highest BCUT2D eigenvalue weighted by molar-refractivity contribution is 7.12. The van der Waals surface area contributed by atoms with Gasteiger partial charge < -0.3 is 5.73 Å². The van der Waals surface area contributed by atoms with Crippen LogP contribution < -0.4 is 5.73 Å². The lowest BCUT2D eigenvalue weighted by molar-refractivity contribution is 0.0949. The minimum Gasteiger partial charge on any atom is -0.326 e. The van der Waals surface area contributed by atoms with Gasteiger partial charge in [-0.15, -0.1) is 11.3 Å². The largest absolute Gasteiger partial charge is 0.326 e. The first-order chi connectivity index (χ1) is 6.75. The van der Waals surface area contributed by atoms with E-state index < -0.39 is 0 Å². The summed E-state index contributed by atoms with van der Waals surface area (Å²) in [7, 11) is 0. The highest BCUT2D eigenvalue weighted by Gasteiger charge is 2.21. The van der Waals surface area contributed by atoms with Crippen molar-refractivity contribution in [2.75, 3.05) is 19.6 Å². The number of carbonyl (C=O) groups excluding carboxylic acids is 1. The molecular formula is C10H14N2OS. The van der Waals surface area contributed by atoms with Gasteiger partial charge in [0.05, 0.1) is 11.4 Å². The number of nitrogens with two attached hydrogens (primary N) is 1. The Labute approximate surface area is 87.5 Å². The zero-order valence-corrected chi connectivity index (χ0v) is 8.80. The van der Waals surface area contributed by atoms with Gasteiger partial charge in [-0.25, -0.2) is 0 Å². The second-order valence-electron chi connectivity index (χ2n) is 3.68. The molecule has 1 aliphatic rings. The zero-order valence-electron chi connectivity index (χ0n) is 7.98. The number of hydrogen-bond donors (Lipinski definition) is 1. The van der Waals surface area contributed by atoms with E-state index in [1.165, 1.54) is 11.3 Å². The lowest BCUT2D eigenvalue weighted by atomic mass is 10.3. The molecule has 1 atom stereocenters. The lowest BCUT2D eigenvalue weighted by Crippen LogP contribution is -2.30. The molecule has 0 unspecified atom stereocenters. The number of Topliss-reactive ketones (excluding diaryl/α,β-unsaturated/α-hetero) is 1. The SMILES string of the molecule is N[C@H]1CCN(CC(=O)c2cccs2)C1. The average molecular weight is 210 g/mol. The fourth-order valence-corrected chi connectivity index (χ4v) is 2.38. The molecule has 0 bridgehead atoms. The number of rotatable bonds is 3. The Balaban J connectivity index is 1.89. The third kappa shape index (κ3) is 2.20. The van der Waals surface area contributed by atoms with Crippen LogP contribution in [0.1, 0.15) is 16.1 Å². The Bertz CT molecular complexity index is 310. The summed E-state index contributed by atoms with van der Waals surface area (Å²) in [5.74, 6) is 0.217. The Morgan fingerprint density at radius 2 is 2.57 bits per heavy atom. The van der Waals surface area contributed by atoms with Crippen LogP contribution in [0.2, 0.25) is 0 Å². The van der Waals surface area contributed by atoms with E-state index in [2.05, 4.69) is 4.90 Å². The van der Waals surface area contributed by atoms with E-state index in [9.17, 15) is 4.79 Å². The third-order valence-corrected chi connectivity index (χ3v) is 3.38. The van der Waals surface area contributed by atoms with Crippen molar-refractivity contribution >= 4 is 17.1 Å². The van der Waals surface area contributed by atoms with Crippen LogP contribution in [0.4, 0.5) is 0 Å². The number of ketones is 1. The molecule has 4 heteroatoms. The van der Waals surface area contributed by atoms with Gasteiger partial charge in [0.2, 0.25) is 0 Å². The van der Waals surface area contributed by atoms with Gasteiger partial charge >= 0.3 is 0 Å². The van der Waals surface area contributed by atoms with Crippen LogP contribution in [0.15, 0.2) is 17.5 Å². The van der Waals surface area contributed by atoms with E-state index in [0.29, 0.717) is 6.54 Å². The topological polar surface area (TPSA) is 46.3 Å². The highest BCUT2D eigenvalue weighted by Crippen LogP contribution is 2.12. The van der Waals surface area contributed by atoms with E-state index in [4.69, 9.17) is 5.73 Å². The molecule has 0 radical (unpaired) electrons. The molecule has 2 N–H and O–H groups in total. The minimum atomic E-state index is 0.217. The van der Waals surface area contributed by atoms with Gasteiger partial charge in [0.15, 0.2) is 5.78 Å². The second-order valence-corrected chi connectivity index (χ2v) is 4.63. The number of hydrogen-bond acceptors (Lipinski definition) is 4. The molecule has 14 heavy (non-hydrogen) atoms. The van der Waals surface area contributed by atoms with Gasteiger partial charge in [-0.3, -0.25) is 9.69 Å². The Hall–Kier alpha value is -0.710. The molecule has 0 saturated carbocycles. The number of thiophene rings is 1. The van der Waals surface area contributed by atoms with Crippen molar-refractivity contribution in [3.05, 3.63) is 22.4 Å². The zero-order chi connectivity index (χ0) is 9.97. The molecule has 0 aliphatic carbocycles. The molecule has 1 fully saturated rings. The summed E-state index contributed by atoms with van der Waals surface area (Å²) in [6.45, 7) is 2.34. The molecule has 0 aromatic carbocycles. The molecule has 2 rings (SSSR count). The summed E-state index contributed by atoms with van der Waals surface area (Å²) in [5.41, 5.74) is 5.77. The number of likely N-dealkylation sites (tertiary alicyclic amines) is 1. The summed E-state index contributed by atoms with van der Waals surface area (Å²) >= 11 is 1.51. The number of carbonyl (C=O) groups is 1. The maximum absolute atomic E-state index is 11.7. The van der Waals surface area contributed by atoms with Gasteiger partial charge in [-0.05, 0) is 17.9 Å². The van der Waals surface area contributed by atoms with E-state index in [-0.39, 0.29) is 11.8 Å². The summed E-state index contributed by atoms with van der Waals surface area (Å²) in [4.78, 5) is 14.7. The fraction of sp³-hybridized carbons (Fsp3) is 0.500. The molecular weight excluding hydrogens is 196 g/mol. The van der Waals surface area contributed by atoms with Crippen molar-refractivity contribution in [2.24, 2.45) is 5.73 Å². The van der Waals surface area contributed by atoms with Crippen LogP contribution in [-0.4, -0.2) is 36.4 Å². The first-order valence-electron chi connectivity index (χ1n) is 4.80. The maximum atomic E-state index is 11.7. The molecule has 1 aromatic rings. The van der Waals surface area contributed by atoms with Crippen LogP contribution in [0.25, 0.3) is 0 Å². The van der Waals surface area contributed by atoms with Crippen LogP contribution in [0.5, 0.6) is 0 Å². The molecule has 1 saturated heterocycles. The van der Waals surface area contributed by atoms with Crippen LogP contribution in [0, 0.1) is 0 Å². The van der Waals surface area contributed by atoms with E-state index in [1.54, 1.807) is 0 Å². The van der Waals surface area contributed by atoms with Crippen LogP contribution in [0.3, 0.4) is 0 Å². The minimum absolute atomic E-state index is 0.217. The Morgan fingerprint density at radius 1 is 1.71 bits per heavy atom. The summed E-state index contributed by atoms with van der Waals surface area (Å²) in [5, 5.41) is 1.93. The molecule has 1 aromatic heterocycles. The van der Waals surface area contributed by atoms with Crippen molar-refractivity contribution in [1.82, 2.24) is 4.90 Å². The molecule has 76 valence electrons. The fourth-order valence-electron chi connectivity index (χ4n) is 1.72. The van der Waals surface area contributed by atoms with Gasteiger partial charge in [0, 0.05) is 19.1 Å². The Morgan fingerprint density at radius 3 is 3.14 bits per heavy atom. The first-order valence-corrected chi connectivity index (χ1v) is 5.68. The van der Waals surface area contributed by atoms with Crippen molar-refractivity contribution in [3.63, 3.8) is 0 Å². The number of nitrogens with zero attached hydrogens (tertiary/aromatic N) is 1. The maximum Gasteiger partial charge on any atom is 0.186 e.